The second-order valence-electron chi connectivity index (χ2n) is 3.03. The van der Waals surface area contributed by atoms with E-state index in [1.807, 2.05) is 0 Å². The molecule has 0 aromatic heterocycles. The van der Waals surface area contributed by atoms with Crippen LogP contribution in [0.1, 0.15) is 39.5 Å². The number of hydrogen-bond donors (Lipinski definition) is 1. The van der Waals surface area contributed by atoms with Crippen LogP contribution in [0, 0.1) is 5.92 Å². The minimum absolute atomic E-state index is 0.391. The van der Waals surface area contributed by atoms with Gasteiger partial charge in [-0.05, 0) is 12.1 Å². The van der Waals surface area contributed by atoms with Crippen LogP contribution in [0.2, 0.25) is 0 Å². The van der Waals surface area contributed by atoms with E-state index in [2.05, 4.69) is 13.8 Å². The smallest absolute Gasteiger partial charge is 0.0596 e. The largest absolute Gasteiger partial charge is 0.392 e. The summed E-state index contributed by atoms with van der Waals surface area (Å²) in [4.78, 5) is 0. The van der Waals surface area contributed by atoms with E-state index in [1.54, 1.807) is 0 Å². The number of aliphatic hydroxyl groups excluding tert-OH is 1. The van der Waals surface area contributed by atoms with Crippen LogP contribution in [0.3, 0.4) is 0 Å². The van der Waals surface area contributed by atoms with Gasteiger partial charge in [0.25, 0.3) is 0 Å². The first-order valence-corrected chi connectivity index (χ1v) is 6.08. The number of unbranched alkanes of at least 4 members (excludes halogenated alkanes) is 1. The van der Waals surface area contributed by atoms with E-state index >= 15 is 0 Å². The van der Waals surface area contributed by atoms with Gasteiger partial charge in [0.2, 0.25) is 0 Å². The van der Waals surface area contributed by atoms with Crippen LogP contribution in [-0.2, 0) is 0 Å². The molecule has 0 fully saturated rings. The summed E-state index contributed by atoms with van der Waals surface area (Å²) >= 11 is 0. The fraction of sp³-hybridized carbons (Fsp3) is 1.00. The Kier molecular flexibility index (Phi) is 8.79. The average molecular weight is 176 g/mol. The molecule has 0 amide bonds. The summed E-state index contributed by atoms with van der Waals surface area (Å²) in [6.45, 7) is 4.49. The van der Waals surface area contributed by atoms with Crippen molar-refractivity contribution in [3.05, 3.63) is 0 Å². The molecule has 0 aromatic carbocycles. The molecule has 0 rings (SSSR count). The Hall–Kier alpha value is 0.390. The van der Waals surface area contributed by atoms with Crippen LogP contribution < -0.4 is 0 Å². The molecule has 2 unspecified atom stereocenters. The van der Waals surface area contributed by atoms with Crippen LogP contribution in [0.15, 0.2) is 0 Å². The molecule has 2 heteroatoms. The maximum atomic E-state index is 8.65. The standard InChI is InChI=1S/C9H21OP/c1-3-5-6-9(4-2)7-11-8-10/h9-11H,3-8H2,1-2H3. The Morgan fingerprint density at radius 2 is 2.09 bits per heavy atom. The maximum Gasteiger partial charge on any atom is 0.0596 e. The SMILES string of the molecule is CCCCC(CC)CPCO. The van der Waals surface area contributed by atoms with E-state index in [-0.39, 0.29) is 0 Å². The highest BCUT2D eigenvalue weighted by Gasteiger charge is 2.03. The summed E-state index contributed by atoms with van der Waals surface area (Å²) in [5, 5.41) is 8.65. The molecule has 0 aliphatic heterocycles. The topological polar surface area (TPSA) is 20.2 Å². The molecular weight excluding hydrogens is 155 g/mol. The van der Waals surface area contributed by atoms with Gasteiger partial charge < -0.3 is 5.11 Å². The fourth-order valence-electron chi connectivity index (χ4n) is 1.21. The van der Waals surface area contributed by atoms with Crippen molar-refractivity contribution < 1.29 is 5.11 Å². The van der Waals surface area contributed by atoms with E-state index in [0.717, 1.165) is 14.5 Å². The summed E-state index contributed by atoms with van der Waals surface area (Å²) in [7, 11) is 0.769. The molecule has 68 valence electrons. The van der Waals surface area contributed by atoms with Gasteiger partial charge in [0.05, 0.1) is 6.35 Å². The summed E-state index contributed by atoms with van der Waals surface area (Å²) in [6, 6.07) is 0. The second-order valence-corrected chi connectivity index (χ2v) is 4.25. The molecular formula is C9H21OP. The van der Waals surface area contributed by atoms with Crippen LogP contribution in [0.25, 0.3) is 0 Å². The third kappa shape index (κ3) is 6.77. The predicted molar refractivity (Wildman–Crippen MR) is 53.6 cm³/mol. The van der Waals surface area contributed by atoms with Crippen LogP contribution in [-0.4, -0.2) is 17.6 Å². The first-order valence-electron chi connectivity index (χ1n) is 4.66. The Morgan fingerprint density at radius 1 is 1.36 bits per heavy atom. The lowest BCUT2D eigenvalue weighted by Gasteiger charge is -2.12. The summed E-state index contributed by atoms with van der Waals surface area (Å²) in [5.41, 5.74) is 0. The molecule has 0 saturated carbocycles. The molecule has 0 bridgehead atoms. The minimum Gasteiger partial charge on any atom is -0.392 e. The molecule has 0 aliphatic rings. The van der Waals surface area contributed by atoms with Crippen molar-refractivity contribution in [2.45, 2.75) is 39.5 Å². The molecule has 11 heavy (non-hydrogen) atoms. The van der Waals surface area contributed by atoms with Crippen LogP contribution >= 0.6 is 8.58 Å². The Morgan fingerprint density at radius 3 is 2.55 bits per heavy atom. The Labute approximate surface area is 72.4 Å². The third-order valence-corrected chi connectivity index (χ3v) is 3.18. The van der Waals surface area contributed by atoms with E-state index in [1.165, 1.54) is 31.8 Å². The summed E-state index contributed by atoms with van der Waals surface area (Å²) in [5.74, 6) is 0.875. The van der Waals surface area contributed by atoms with Gasteiger partial charge in [-0.25, -0.2) is 0 Å². The van der Waals surface area contributed by atoms with Gasteiger partial charge in [0.15, 0.2) is 0 Å². The molecule has 0 saturated heterocycles. The van der Waals surface area contributed by atoms with Gasteiger partial charge in [-0.15, -0.1) is 0 Å². The first kappa shape index (κ1) is 11.4. The molecule has 0 aromatic rings. The van der Waals surface area contributed by atoms with E-state index < -0.39 is 0 Å². The normalized spacial score (nSPS) is 14.5. The molecule has 0 heterocycles. The van der Waals surface area contributed by atoms with Gasteiger partial charge in [0, 0.05) is 0 Å². The molecule has 2 atom stereocenters. The monoisotopic (exact) mass is 176 g/mol. The fourth-order valence-corrected chi connectivity index (χ4v) is 2.24. The summed E-state index contributed by atoms with van der Waals surface area (Å²) < 4.78 is 0. The van der Waals surface area contributed by atoms with Gasteiger partial charge >= 0.3 is 0 Å². The zero-order chi connectivity index (χ0) is 8.53. The molecule has 0 aliphatic carbocycles. The van der Waals surface area contributed by atoms with Crippen molar-refractivity contribution in [2.24, 2.45) is 5.92 Å². The summed E-state index contributed by atoms with van der Waals surface area (Å²) in [6.07, 6.45) is 6.94. The Balaban J connectivity index is 3.25. The van der Waals surface area contributed by atoms with Crippen LogP contribution in [0.5, 0.6) is 0 Å². The zero-order valence-corrected chi connectivity index (χ0v) is 8.77. The van der Waals surface area contributed by atoms with Crippen molar-refractivity contribution in [1.29, 1.82) is 0 Å². The highest BCUT2D eigenvalue weighted by Crippen LogP contribution is 2.21. The number of rotatable bonds is 7. The van der Waals surface area contributed by atoms with Crippen LogP contribution in [0.4, 0.5) is 0 Å². The lowest BCUT2D eigenvalue weighted by atomic mass is 10.0. The molecule has 0 radical (unpaired) electrons. The molecule has 1 nitrogen and oxygen atoms in total. The van der Waals surface area contributed by atoms with E-state index in [9.17, 15) is 0 Å². The number of hydrogen-bond acceptors (Lipinski definition) is 1. The van der Waals surface area contributed by atoms with Gasteiger partial charge in [-0.3, -0.25) is 0 Å². The maximum absolute atomic E-state index is 8.65. The third-order valence-electron chi connectivity index (χ3n) is 2.09. The Bertz CT molecular complexity index is 68.0. The zero-order valence-electron chi connectivity index (χ0n) is 7.77. The second kappa shape index (κ2) is 8.49. The van der Waals surface area contributed by atoms with Crippen molar-refractivity contribution in [3.8, 4) is 0 Å². The van der Waals surface area contributed by atoms with Gasteiger partial charge in [0.1, 0.15) is 0 Å². The highest BCUT2D eigenvalue weighted by molar-refractivity contribution is 7.37. The molecule has 0 spiro atoms. The lowest BCUT2D eigenvalue weighted by molar-refractivity contribution is 0.371. The predicted octanol–water partition coefficient (Wildman–Crippen LogP) is 2.83. The lowest BCUT2D eigenvalue weighted by Crippen LogP contribution is -2.01. The van der Waals surface area contributed by atoms with E-state index in [0.29, 0.717) is 6.35 Å². The van der Waals surface area contributed by atoms with E-state index in [4.69, 9.17) is 5.11 Å². The quantitative estimate of drug-likeness (QED) is 0.591. The highest BCUT2D eigenvalue weighted by atomic mass is 31.1. The molecule has 1 N–H and O–H groups in total. The van der Waals surface area contributed by atoms with Gasteiger partial charge in [-0.2, -0.15) is 0 Å². The number of aliphatic hydroxyl groups is 1. The van der Waals surface area contributed by atoms with Crippen molar-refractivity contribution in [1.82, 2.24) is 0 Å². The minimum atomic E-state index is 0.391. The average Bonchev–Trinajstić information content (AvgIpc) is 2.05. The first-order chi connectivity index (χ1) is 5.35. The van der Waals surface area contributed by atoms with Crippen molar-refractivity contribution >= 4 is 8.58 Å². The van der Waals surface area contributed by atoms with Gasteiger partial charge in [-0.1, -0.05) is 48.1 Å². The van der Waals surface area contributed by atoms with Crippen molar-refractivity contribution in [3.63, 3.8) is 0 Å². The van der Waals surface area contributed by atoms with Crippen molar-refractivity contribution in [2.75, 3.05) is 12.5 Å².